The Morgan fingerprint density at radius 2 is 1.63 bits per heavy atom. The van der Waals surface area contributed by atoms with Crippen LogP contribution in [0.1, 0.15) is 60.0 Å². The third kappa shape index (κ3) is 4.99. The van der Waals surface area contributed by atoms with Gasteiger partial charge >= 0.3 is 6.18 Å². The highest BCUT2D eigenvalue weighted by molar-refractivity contribution is 5.85. The second-order valence-corrected chi connectivity index (χ2v) is 8.14. The third-order valence-corrected chi connectivity index (χ3v) is 6.23. The molecule has 2 aliphatic rings. The molecule has 2 heterocycles. The molecule has 2 atom stereocenters. The fourth-order valence-electron chi connectivity index (χ4n) is 4.47. The zero-order valence-electron chi connectivity index (χ0n) is 16.6. The van der Waals surface area contributed by atoms with Gasteiger partial charge in [0.15, 0.2) is 0 Å². The van der Waals surface area contributed by atoms with E-state index in [9.17, 15) is 18.3 Å². The van der Waals surface area contributed by atoms with Crippen molar-refractivity contribution in [2.45, 2.75) is 49.5 Å². The number of nitrogens with one attached hydrogen (secondary N) is 1. The molecule has 3 nitrogen and oxygen atoms in total. The van der Waals surface area contributed by atoms with E-state index < -0.39 is 17.3 Å². The van der Waals surface area contributed by atoms with Crippen LogP contribution in [0.2, 0.25) is 0 Å². The molecular weight excluding hydrogens is 415 g/mol. The molecule has 2 aromatic rings. The average Bonchev–Trinajstić information content (AvgIpc) is 2.72. The first-order valence-electron chi connectivity index (χ1n) is 10.2. The number of piperidine rings is 1. The summed E-state index contributed by atoms with van der Waals surface area (Å²) < 4.78 is 44.8. The number of hydrogen-bond donors (Lipinski definition) is 2. The molecule has 0 radical (unpaired) electrons. The van der Waals surface area contributed by atoms with Crippen LogP contribution in [0.4, 0.5) is 13.2 Å². The molecule has 0 amide bonds. The first-order chi connectivity index (χ1) is 13.9. The smallest absolute Gasteiger partial charge is 0.390 e. The molecule has 2 N–H and O–H groups in total. The Morgan fingerprint density at radius 1 is 1.00 bits per heavy atom. The van der Waals surface area contributed by atoms with Crippen LogP contribution < -0.4 is 5.32 Å². The van der Waals surface area contributed by atoms with E-state index in [1.807, 2.05) is 24.3 Å². The van der Waals surface area contributed by atoms with Crippen LogP contribution in [-0.4, -0.2) is 30.4 Å². The second kappa shape index (κ2) is 9.27. The zero-order chi connectivity index (χ0) is 20.5. The Labute approximate surface area is 181 Å². The number of aliphatic hydroxyl groups is 1. The monoisotopic (exact) mass is 441 g/mol. The van der Waals surface area contributed by atoms with Crippen molar-refractivity contribution in [3.05, 3.63) is 70.8 Å². The molecule has 0 saturated carbocycles. The quantitative estimate of drug-likeness (QED) is 0.683. The second-order valence-electron chi connectivity index (χ2n) is 8.14. The summed E-state index contributed by atoms with van der Waals surface area (Å²) in [4.78, 5) is 0. The number of hydrogen-bond acceptors (Lipinski definition) is 3. The lowest BCUT2D eigenvalue weighted by Crippen LogP contribution is -2.42. The summed E-state index contributed by atoms with van der Waals surface area (Å²) in [7, 11) is 0. The van der Waals surface area contributed by atoms with Gasteiger partial charge < -0.3 is 15.2 Å². The minimum atomic E-state index is -4.33. The number of benzene rings is 2. The average molecular weight is 442 g/mol. The molecule has 1 fully saturated rings. The lowest BCUT2D eigenvalue weighted by atomic mass is 9.81. The Kier molecular flexibility index (Phi) is 7.13. The fraction of sp³-hybridized carbons (Fsp3) is 0.478. The van der Waals surface area contributed by atoms with Crippen molar-refractivity contribution < 1.29 is 23.0 Å². The SMILES string of the molecule is Cl.OC1(CCC2OCC(c3ccc(C(F)(F)F)cc3)c3ccccc32)CCNCC1. The highest BCUT2D eigenvalue weighted by Crippen LogP contribution is 2.41. The van der Waals surface area contributed by atoms with Gasteiger partial charge in [-0.05, 0) is 67.6 Å². The van der Waals surface area contributed by atoms with Crippen molar-refractivity contribution in [1.82, 2.24) is 5.32 Å². The van der Waals surface area contributed by atoms with Crippen LogP contribution >= 0.6 is 12.4 Å². The summed E-state index contributed by atoms with van der Waals surface area (Å²) in [6, 6.07) is 13.3. The molecule has 4 rings (SSSR count). The van der Waals surface area contributed by atoms with Gasteiger partial charge in [0.1, 0.15) is 0 Å². The van der Waals surface area contributed by atoms with E-state index >= 15 is 0 Å². The standard InChI is InChI=1S/C23H26F3NO2.ClH/c24-23(25,26)17-7-5-16(6-8-17)20-15-29-21(19-4-2-1-3-18(19)20)9-10-22(28)11-13-27-14-12-22;/h1-8,20-21,27-28H,9-15H2;1H. The van der Waals surface area contributed by atoms with Gasteiger partial charge in [0, 0.05) is 5.92 Å². The van der Waals surface area contributed by atoms with Crippen LogP contribution in [0.3, 0.4) is 0 Å². The lowest BCUT2D eigenvalue weighted by Gasteiger charge is -2.36. The van der Waals surface area contributed by atoms with Crippen molar-refractivity contribution >= 4 is 12.4 Å². The lowest BCUT2D eigenvalue weighted by molar-refractivity contribution is -0.137. The molecule has 2 aliphatic heterocycles. The number of rotatable bonds is 4. The third-order valence-electron chi connectivity index (χ3n) is 6.23. The zero-order valence-corrected chi connectivity index (χ0v) is 17.4. The number of alkyl halides is 3. The number of halogens is 4. The van der Waals surface area contributed by atoms with Crippen molar-refractivity contribution in [1.29, 1.82) is 0 Å². The Morgan fingerprint density at radius 3 is 2.27 bits per heavy atom. The van der Waals surface area contributed by atoms with E-state index in [0.717, 1.165) is 61.2 Å². The molecule has 30 heavy (non-hydrogen) atoms. The van der Waals surface area contributed by atoms with E-state index in [4.69, 9.17) is 4.74 Å². The minimum Gasteiger partial charge on any atom is -0.390 e. The number of fused-ring (bicyclic) bond motifs is 1. The Balaban J connectivity index is 0.00000256. The van der Waals surface area contributed by atoms with Crippen LogP contribution in [0.15, 0.2) is 48.5 Å². The van der Waals surface area contributed by atoms with Gasteiger partial charge in [0.05, 0.1) is 23.9 Å². The maximum absolute atomic E-state index is 12.9. The summed E-state index contributed by atoms with van der Waals surface area (Å²) >= 11 is 0. The van der Waals surface area contributed by atoms with E-state index in [1.54, 1.807) is 12.1 Å². The Hall–Kier alpha value is -1.60. The normalized spacial score (nSPS) is 23.3. The van der Waals surface area contributed by atoms with E-state index in [2.05, 4.69) is 5.32 Å². The maximum atomic E-state index is 12.9. The largest absolute Gasteiger partial charge is 0.416 e. The molecule has 0 aromatic heterocycles. The van der Waals surface area contributed by atoms with Crippen molar-refractivity contribution in [2.75, 3.05) is 19.7 Å². The molecule has 0 bridgehead atoms. The fourth-order valence-corrected chi connectivity index (χ4v) is 4.47. The highest BCUT2D eigenvalue weighted by atomic mass is 35.5. The summed E-state index contributed by atoms with van der Waals surface area (Å²) in [5.74, 6) is -0.0910. The molecule has 1 saturated heterocycles. The topological polar surface area (TPSA) is 41.5 Å². The summed E-state index contributed by atoms with van der Waals surface area (Å²) in [5.41, 5.74) is 1.70. The summed E-state index contributed by atoms with van der Waals surface area (Å²) in [6.45, 7) is 2.08. The van der Waals surface area contributed by atoms with Gasteiger partial charge in [-0.2, -0.15) is 13.2 Å². The summed E-state index contributed by atoms with van der Waals surface area (Å²) in [5, 5.41) is 14.1. The van der Waals surface area contributed by atoms with Gasteiger partial charge in [0.2, 0.25) is 0 Å². The maximum Gasteiger partial charge on any atom is 0.416 e. The van der Waals surface area contributed by atoms with Crippen LogP contribution in [0.5, 0.6) is 0 Å². The van der Waals surface area contributed by atoms with Crippen molar-refractivity contribution in [3.8, 4) is 0 Å². The van der Waals surface area contributed by atoms with Gasteiger partial charge in [-0.1, -0.05) is 36.4 Å². The predicted octanol–water partition coefficient (Wildman–Crippen LogP) is 5.23. The van der Waals surface area contributed by atoms with E-state index in [0.29, 0.717) is 13.0 Å². The molecule has 2 unspecified atom stereocenters. The molecule has 0 spiro atoms. The van der Waals surface area contributed by atoms with Gasteiger partial charge in [-0.3, -0.25) is 0 Å². The molecule has 7 heteroatoms. The summed E-state index contributed by atoms with van der Waals surface area (Å²) in [6.07, 6.45) is -1.54. The minimum absolute atomic E-state index is 0. The van der Waals surface area contributed by atoms with Crippen molar-refractivity contribution in [3.63, 3.8) is 0 Å². The molecule has 2 aromatic carbocycles. The van der Waals surface area contributed by atoms with E-state index in [1.165, 1.54) is 0 Å². The van der Waals surface area contributed by atoms with Crippen LogP contribution in [0, 0.1) is 0 Å². The van der Waals surface area contributed by atoms with Crippen LogP contribution in [-0.2, 0) is 10.9 Å². The van der Waals surface area contributed by atoms with Gasteiger partial charge in [-0.15, -0.1) is 12.4 Å². The Bertz CT molecular complexity index is 835. The van der Waals surface area contributed by atoms with Gasteiger partial charge in [-0.25, -0.2) is 0 Å². The van der Waals surface area contributed by atoms with E-state index in [-0.39, 0.29) is 24.4 Å². The van der Waals surface area contributed by atoms with Gasteiger partial charge in [0.25, 0.3) is 0 Å². The van der Waals surface area contributed by atoms with Crippen LogP contribution in [0.25, 0.3) is 0 Å². The first kappa shape index (κ1) is 23.1. The highest BCUT2D eigenvalue weighted by Gasteiger charge is 2.34. The first-order valence-corrected chi connectivity index (χ1v) is 10.2. The molecule has 0 aliphatic carbocycles. The number of ether oxygens (including phenoxy) is 1. The van der Waals surface area contributed by atoms with Crippen molar-refractivity contribution in [2.24, 2.45) is 0 Å². The molecule has 164 valence electrons. The predicted molar refractivity (Wildman–Crippen MR) is 112 cm³/mol. The molecular formula is C23H27ClF3NO2.